The van der Waals surface area contributed by atoms with Gasteiger partial charge in [-0.25, -0.2) is 4.79 Å². The molecule has 0 aliphatic rings. The van der Waals surface area contributed by atoms with Crippen molar-refractivity contribution in [2.45, 2.75) is 0 Å². The predicted molar refractivity (Wildman–Crippen MR) is 101 cm³/mol. The van der Waals surface area contributed by atoms with Gasteiger partial charge in [0.1, 0.15) is 5.69 Å². The Morgan fingerprint density at radius 2 is 1.23 bits per heavy atom. The molecule has 0 aliphatic carbocycles. The molecule has 0 bridgehead atoms. The van der Waals surface area contributed by atoms with Crippen molar-refractivity contribution in [3.63, 3.8) is 0 Å². The van der Waals surface area contributed by atoms with Crippen LogP contribution in [0.3, 0.4) is 0 Å². The van der Waals surface area contributed by atoms with Crippen LogP contribution in [0.15, 0.2) is 97.2 Å². The summed E-state index contributed by atoms with van der Waals surface area (Å²) >= 11 is 0. The predicted octanol–water partition coefficient (Wildman–Crippen LogP) is 4.75. The summed E-state index contributed by atoms with van der Waals surface area (Å²) in [5, 5.41) is 8.18. The van der Waals surface area contributed by atoms with Crippen LogP contribution in [0.1, 0.15) is 0 Å². The van der Waals surface area contributed by atoms with Crippen LogP contribution in [0.25, 0.3) is 11.3 Å². The molecule has 4 aromatic rings. The number of aromatic nitrogens is 3. The van der Waals surface area contributed by atoms with E-state index in [-0.39, 0.29) is 6.03 Å². The van der Waals surface area contributed by atoms with E-state index in [2.05, 4.69) is 10.3 Å². The van der Waals surface area contributed by atoms with Gasteiger partial charge >= 0.3 is 6.03 Å². The number of amides is 1. The van der Waals surface area contributed by atoms with Crippen molar-refractivity contribution >= 4 is 17.4 Å². The van der Waals surface area contributed by atoms with E-state index in [9.17, 15) is 4.79 Å². The Kier molecular flexibility index (Phi) is 4.26. The number of hydrogen-bond donors (Lipinski definition) is 0. The van der Waals surface area contributed by atoms with Crippen LogP contribution in [0, 0.1) is 0 Å². The molecule has 5 nitrogen and oxygen atoms in total. The Balaban J connectivity index is 1.73. The third kappa shape index (κ3) is 3.10. The van der Waals surface area contributed by atoms with Crippen molar-refractivity contribution in [1.29, 1.82) is 0 Å². The minimum Gasteiger partial charge on any atom is -0.261 e. The normalized spacial score (nSPS) is 10.5. The summed E-state index contributed by atoms with van der Waals surface area (Å²) in [4.78, 5) is 14.8. The average Bonchev–Trinajstić information content (AvgIpc) is 3.21. The fourth-order valence-electron chi connectivity index (χ4n) is 2.73. The van der Waals surface area contributed by atoms with Gasteiger partial charge in [0.15, 0.2) is 0 Å². The summed E-state index contributed by atoms with van der Waals surface area (Å²) in [5.74, 6) is 0. The fourth-order valence-corrected chi connectivity index (χ4v) is 2.73. The minimum absolute atomic E-state index is 0.294. The summed E-state index contributed by atoms with van der Waals surface area (Å²) in [6.07, 6.45) is 1.65. The zero-order chi connectivity index (χ0) is 17.8. The molecule has 1 heterocycles. The highest BCUT2D eigenvalue weighted by Gasteiger charge is 2.21. The lowest BCUT2D eigenvalue weighted by molar-refractivity contribution is 0.247. The summed E-state index contributed by atoms with van der Waals surface area (Å²) < 4.78 is 1.27. The van der Waals surface area contributed by atoms with E-state index in [1.807, 2.05) is 91.0 Å². The third-order valence-corrected chi connectivity index (χ3v) is 3.98. The monoisotopic (exact) mass is 340 g/mol. The SMILES string of the molecule is O=C(N(c1ccccc1)c1ccccc1)n1cc(-c2ccccc2)nn1. The van der Waals surface area contributed by atoms with Crippen molar-refractivity contribution in [2.24, 2.45) is 0 Å². The molecule has 4 rings (SSSR count). The van der Waals surface area contributed by atoms with Gasteiger partial charge in [-0.05, 0) is 24.3 Å². The zero-order valence-corrected chi connectivity index (χ0v) is 13.9. The van der Waals surface area contributed by atoms with Gasteiger partial charge in [-0.3, -0.25) is 4.90 Å². The second-order valence-electron chi connectivity index (χ2n) is 5.70. The number of para-hydroxylation sites is 2. The highest BCUT2D eigenvalue weighted by Crippen LogP contribution is 2.26. The number of rotatable bonds is 3. The quantitative estimate of drug-likeness (QED) is 0.541. The van der Waals surface area contributed by atoms with Crippen LogP contribution in [-0.2, 0) is 0 Å². The molecule has 1 amide bonds. The molecule has 0 fully saturated rings. The van der Waals surface area contributed by atoms with Crippen LogP contribution < -0.4 is 4.90 Å². The molecule has 0 aliphatic heterocycles. The number of anilines is 2. The fraction of sp³-hybridized carbons (Fsp3) is 0. The van der Waals surface area contributed by atoms with E-state index in [1.165, 1.54) is 4.68 Å². The first-order valence-electron chi connectivity index (χ1n) is 8.25. The molecular formula is C21H16N4O. The molecule has 0 unspecified atom stereocenters. The Morgan fingerprint density at radius 1 is 0.731 bits per heavy atom. The van der Waals surface area contributed by atoms with E-state index in [1.54, 1.807) is 11.1 Å². The molecule has 5 heteroatoms. The molecule has 3 aromatic carbocycles. The van der Waals surface area contributed by atoms with Gasteiger partial charge in [0.05, 0.1) is 17.6 Å². The van der Waals surface area contributed by atoms with E-state index in [0.717, 1.165) is 16.9 Å². The molecule has 0 spiro atoms. The summed E-state index contributed by atoms with van der Waals surface area (Å²) in [7, 11) is 0. The highest BCUT2D eigenvalue weighted by atomic mass is 16.2. The molecule has 0 saturated heterocycles. The first kappa shape index (κ1) is 15.8. The first-order valence-corrected chi connectivity index (χ1v) is 8.25. The number of carbonyl (C=O) groups excluding carboxylic acids is 1. The van der Waals surface area contributed by atoms with Crippen LogP contribution in [0.2, 0.25) is 0 Å². The zero-order valence-electron chi connectivity index (χ0n) is 13.9. The van der Waals surface area contributed by atoms with Gasteiger partial charge in [-0.2, -0.15) is 4.68 Å². The second-order valence-corrected chi connectivity index (χ2v) is 5.70. The van der Waals surface area contributed by atoms with Gasteiger partial charge in [0, 0.05) is 5.56 Å². The van der Waals surface area contributed by atoms with Crippen molar-refractivity contribution < 1.29 is 4.79 Å². The van der Waals surface area contributed by atoms with E-state index in [0.29, 0.717) is 5.69 Å². The Labute approximate surface area is 151 Å². The third-order valence-electron chi connectivity index (χ3n) is 3.98. The van der Waals surface area contributed by atoms with E-state index in [4.69, 9.17) is 0 Å². The molecule has 0 saturated carbocycles. The lowest BCUT2D eigenvalue weighted by atomic mass is 10.2. The Morgan fingerprint density at radius 3 is 1.77 bits per heavy atom. The van der Waals surface area contributed by atoms with Crippen LogP contribution in [-0.4, -0.2) is 21.0 Å². The van der Waals surface area contributed by atoms with Gasteiger partial charge in [-0.1, -0.05) is 71.9 Å². The molecule has 26 heavy (non-hydrogen) atoms. The Hall–Kier alpha value is -3.73. The van der Waals surface area contributed by atoms with Crippen molar-refractivity contribution in [3.05, 3.63) is 97.2 Å². The van der Waals surface area contributed by atoms with Crippen molar-refractivity contribution in [1.82, 2.24) is 15.0 Å². The average molecular weight is 340 g/mol. The maximum atomic E-state index is 13.2. The van der Waals surface area contributed by atoms with Gasteiger partial charge in [0.2, 0.25) is 0 Å². The lowest BCUT2D eigenvalue weighted by Crippen LogP contribution is -2.31. The number of hydrogen-bond acceptors (Lipinski definition) is 3. The molecular weight excluding hydrogens is 324 g/mol. The van der Waals surface area contributed by atoms with Gasteiger partial charge in [-0.15, -0.1) is 5.10 Å². The van der Waals surface area contributed by atoms with Crippen LogP contribution in [0.5, 0.6) is 0 Å². The van der Waals surface area contributed by atoms with Gasteiger partial charge in [0.25, 0.3) is 0 Å². The number of benzene rings is 3. The molecule has 0 atom stereocenters. The number of nitrogens with zero attached hydrogens (tertiary/aromatic N) is 4. The molecule has 0 radical (unpaired) electrons. The van der Waals surface area contributed by atoms with E-state index < -0.39 is 0 Å². The molecule has 1 aromatic heterocycles. The van der Waals surface area contributed by atoms with Crippen LogP contribution >= 0.6 is 0 Å². The maximum absolute atomic E-state index is 13.2. The van der Waals surface area contributed by atoms with E-state index >= 15 is 0 Å². The minimum atomic E-state index is -0.294. The highest BCUT2D eigenvalue weighted by molar-refractivity contribution is 6.00. The maximum Gasteiger partial charge on any atom is 0.355 e. The van der Waals surface area contributed by atoms with Crippen LogP contribution in [0.4, 0.5) is 16.2 Å². The summed E-state index contributed by atoms with van der Waals surface area (Å²) in [6.45, 7) is 0. The topological polar surface area (TPSA) is 51.0 Å². The Bertz CT molecular complexity index is 958. The van der Waals surface area contributed by atoms with Gasteiger partial charge < -0.3 is 0 Å². The van der Waals surface area contributed by atoms with Crippen molar-refractivity contribution in [3.8, 4) is 11.3 Å². The van der Waals surface area contributed by atoms with Crippen molar-refractivity contribution in [2.75, 3.05) is 4.90 Å². The smallest absolute Gasteiger partial charge is 0.261 e. The second kappa shape index (κ2) is 7.03. The number of carbonyl (C=O) groups is 1. The molecule has 0 N–H and O–H groups in total. The lowest BCUT2D eigenvalue weighted by Gasteiger charge is -2.22. The molecule has 126 valence electrons. The first-order chi connectivity index (χ1) is 12.8. The standard InChI is InChI=1S/C21H16N4O/c26-21(24-16-20(22-23-24)17-10-4-1-5-11-17)25(18-12-6-2-7-13-18)19-14-8-3-9-15-19/h1-16H. The summed E-state index contributed by atoms with van der Waals surface area (Å²) in [6, 6.07) is 28.3. The summed E-state index contributed by atoms with van der Waals surface area (Å²) in [5.41, 5.74) is 3.10. The largest absolute Gasteiger partial charge is 0.355 e.